The van der Waals surface area contributed by atoms with Gasteiger partial charge in [0.2, 0.25) is 0 Å². The summed E-state index contributed by atoms with van der Waals surface area (Å²) < 4.78 is 0. The maximum atomic E-state index is 9.75. The van der Waals surface area contributed by atoms with Gasteiger partial charge in [0.15, 0.2) is 0 Å². The molecule has 0 aromatic carbocycles. The second-order valence-corrected chi connectivity index (χ2v) is 4.90. The normalized spacial score (nSPS) is 30.2. The van der Waals surface area contributed by atoms with Gasteiger partial charge in [0, 0.05) is 0 Å². The van der Waals surface area contributed by atoms with Crippen molar-refractivity contribution < 1.29 is 5.11 Å². The smallest absolute Gasteiger partial charge is 0.0565 e. The number of aliphatic hydroxyl groups is 1. The van der Waals surface area contributed by atoms with Gasteiger partial charge >= 0.3 is 0 Å². The van der Waals surface area contributed by atoms with Gasteiger partial charge in [-0.25, -0.2) is 0 Å². The van der Waals surface area contributed by atoms with Crippen molar-refractivity contribution in [2.45, 2.75) is 71.3 Å². The highest BCUT2D eigenvalue weighted by molar-refractivity contribution is 4.76. The van der Waals surface area contributed by atoms with E-state index in [9.17, 15) is 5.11 Å². The van der Waals surface area contributed by atoms with Crippen LogP contribution in [0.5, 0.6) is 0 Å². The Kier molecular flexibility index (Phi) is 5.54. The summed E-state index contributed by atoms with van der Waals surface area (Å²) in [7, 11) is 0. The number of hydrogen-bond acceptors (Lipinski definition) is 1. The van der Waals surface area contributed by atoms with E-state index >= 15 is 0 Å². The maximum absolute atomic E-state index is 9.75. The van der Waals surface area contributed by atoms with Crippen molar-refractivity contribution >= 4 is 0 Å². The van der Waals surface area contributed by atoms with Crippen molar-refractivity contribution in [1.29, 1.82) is 0 Å². The Morgan fingerprint density at radius 1 is 1.14 bits per heavy atom. The first-order chi connectivity index (χ1) is 6.77. The Balaban J connectivity index is 2.17. The van der Waals surface area contributed by atoms with Crippen LogP contribution in [0, 0.1) is 11.8 Å². The van der Waals surface area contributed by atoms with Crippen LogP contribution >= 0.6 is 0 Å². The lowest BCUT2D eigenvalue weighted by Crippen LogP contribution is -2.25. The molecule has 1 aliphatic rings. The van der Waals surface area contributed by atoms with E-state index in [1.807, 2.05) is 0 Å². The van der Waals surface area contributed by atoms with Crippen LogP contribution in [-0.2, 0) is 0 Å². The molecule has 0 heterocycles. The Morgan fingerprint density at radius 2 is 1.79 bits per heavy atom. The Morgan fingerprint density at radius 3 is 2.29 bits per heavy atom. The molecule has 1 atom stereocenters. The molecule has 0 aromatic rings. The fourth-order valence-electron chi connectivity index (χ4n) is 2.69. The van der Waals surface area contributed by atoms with E-state index in [4.69, 9.17) is 0 Å². The van der Waals surface area contributed by atoms with Gasteiger partial charge in [-0.3, -0.25) is 0 Å². The molecule has 1 saturated carbocycles. The molecule has 0 radical (unpaired) electrons. The lowest BCUT2D eigenvalue weighted by Gasteiger charge is -2.31. The molecule has 14 heavy (non-hydrogen) atoms. The molecule has 1 unspecified atom stereocenters. The Bertz CT molecular complexity index is 136. The molecule has 1 rings (SSSR count). The van der Waals surface area contributed by atoms with Crippen molar-refractivity contribution in [2.24, 2.45) is 11.8 Å². The first-order valence-electron chi connectivity index (χ1n) is 6.46. The minimum Gasteiger partial charge on any atom is -0.393 e. The topological polar surface area (TPSA) is 20.2 Å². The van der Waals surface area contributed by atoms with Crippen LogP contribution in [-0.4, -0.2) is 11.2 Å². The number of unbranched alkanes of at least 4 members (excludes halogenated alkanes) is 1. The molecule has 0 saturated heterocycles. The molecule has 84 valence electrons. The molecule has 0 amide bonds. The number of rotatable bonds is 5. The van der Waals surface area contributed by atoms with Crippen LogP contribution in [0.1, 0.15) is 65.2 Å². The van der Waals surface area contributed by atoms with E-state index in [-0.39, 0.29) is 6.10 Å². The van der Waals surface area contributed by atoms with Crippen LogP contribution in [0.3, 0.4) is 0 Å². The molecule has 0 aromatic heterocycles. The van der Waals surface area contributed by atoms with E-state index in [0.717, 1.165) is 12.3 Å². The summed E-state index contributed by atoms with van der Waals surface area (Å²) in [6.07, 6.45) is 10.3. The molecule has 0 aliphatic heterocycles. The molecule has 0 spiro atoms. The standard InChI is InChI=1S/C13H26O/c1-3-5-6-11-7-9-12(10-8-11)13(14)4-2/h11-14H,3-10H2,1-2H3. The summed E-state index contributed by atoms with van der Waals surface area (Å²) in [4.78, 5) is 0. The van der Waals surface area contributed by atoms with Gasteiger partial charge in [-0.15, -0.1) is 0 Å². The monoisotopic (exact) mass is 198 g/mol. The number of hydrogen-bond donors (Lipinski definition) is 1. The third-order valence-electron chi connectivity index (χ3n) is 3.82. The van der Waals surface area contributed by atoms with Gasteiger partial charge in [-0.05, 0) is 31.1 Å². The van der Waals surface area contributed by atoms with Gasteiger partial charge in [0.25, 0.3) is 0 Å². The SMILES string of the molecule is CCCCC1CCC(C(O)CC)CC1. The second-order valence-electron chi connectivity index (χ2n) is 4.90. The molecule has 1 aliphatic carbocycles. The zero-order valence-corrected chi connectivity index (χ0v) is 9.84. The first kappa shape index (κ1) is 12.0. The lowest BCUT2D eigenvalue weighted by molar-refractivity contribution is 0.0694. The van der Waals surface area contributed by atoms with E-state index in [0.29, 0.717) is 5.92 Å². The van der Waals surface area contributed by atoms with Crippen LogP contribution in [0.15, 0.2) is 0 Å². The largest absolute Gasteiger partial charge is 0.393 e. The first-order valence-corrected chi connectivity index (χ1v) is 6.46. The van der Waals surface area contributed by atoms with Gasteiger partial charge in [0.05, 0.1) is 6.10 Å². The molecular formula is C13H26O. The van der Waals surface area contributed by atoms with E-state index in [1.54, 1.807) is 0 Å². The van der Waals surface area contributed by atoms with E-state index in [1.165, 1.54) is 44.9 Å². The van der Waals surface area contributed by atoms with Crippen LogP contribution in [0.2, 0.25) is 0 Å². The molecule has 1 heteroatoms. The average molecular weight is 198 g/mol. The molecular weight excluding hydrogens is 172 g/mol. The predicted octanol–water partition coefficient (Wildman–Crippen LogP) is 3.75. The fourth-order valence-corrected chi connectivity index (χ4v) is 2.69. The Labute approximate surface area is 88.9 Å². The molecule has 1 fully saturated rings. The van der Waals surface area contributed by atoms with Crippen molar-refractivity contribution in [3.63, 3.8) is 0 Å². The zero-order chi connectivity index (χ0) is 10.4. The number of aliphatic hydroxyl groups excluding tert-OH is 1. The summed E-state index contributed by atoms with van der Waals surface area (Å²) in [6.45, 7) is 4.36. The lowest BCUT2D eigenvalue weighted by atomic mass is 9.77. The van der Waals surface area contributed by atoms with Crippen LogP contribution in [0.4, 0.5) is 0 Å². The third-order valence-corrected chi connectivity index (χ3v) is 3.82. The van der Waals surface area contributed by atoms with Gasteiger partial charge in [-0.2, -0.15) is 0 Å². The summed E-state index contributed by atoms with van der Waals surface area (Å²) in [5.74, 6) is 1.58. The average Bonchev–Trinajstić information content (AvgIpc) is 2.26. The fraction of sp³-hybridized carbons (Fsp3) is 1.00. The van der Waals surface area contributed by atoms with E-state index in [2.05, 4.69) is 13.8 Å². The zero-order valence-electron chi connectivity index (χ0n) is 9.84. The van der Waals surface area contributed by atoms with Gasteiger partial charge in [-0.1, -0.05) is 46.0 Å². The van der Waals surface area contributed by atoms with E-state index < -0.39 is 0 Å². The van der Waals surface area contributed by atoms with Crippen LogP contribution < -0.4 is 0 Å². The highest BCUT2D eigenvalue weighted by atomic mass is 16.3. The van der Waals surface area contributed by atoms with Crippen molar-refractivity contribution in [1.82, 2.24) is 0 Å². The highest BCUT2D eigenvalue weighted by Gasteiger charge is 2.24. The van der Waals surface area contributed by atoms with Gasteiger partial charge in [0.1, 0.15) is 0 Å². The minimum absolute atomic E-state index is 0.0258. The minimum atomic E-state index is -0.0258. The molecule has 1 nitrogen and oxygen atoms in total. The third kappa shape index (κ3) is 3.61. The summed E-state index contributed by atoms with van der Waals surface area (Å²) in [5.41, 5.74) is 0. The summed E-state index contributed by atoms with van der Waals surface area (Å²) >= 11 is 0. The van der Waals surface area contributed by atoms with Crippen molar-refractivity contribution in [3.8, 4) is 0 Å². The maximum Gasteiger partial charge on any atom is 0.0565 e. The highest BCUT2D eigenvalue weighted by Crippen LogP contribution is 2.34. The van der Waals surface area contributed by atoms with Crippen LogP contribution in [0.25, 0.3) is 0 Å². The summed E-state index contributed by atoms with van der Waals surface area (Å²) in [5, 5.41) is 9.75. The van der Waals surface area contributed by atoms with Crippen molar-refractivity contribution in [3.05, 3.63) is 0 Å². The molecule has 0 bridgehead atoms. The second kappa shape index (κ2) is 6.44. The van der Waals surface area contributed by atoms with Crippen molar-refractivity contribution in [2.75, 3.05) is 0 Å². The summed E-state index contributed by atoms with van der Waals surface area (Å²) in [6, 6.07) is 0. The van der Waals surface area contributed by atoms with Gasteiger partial charge < -0.3 is 5.11 Å². The predicted molar refractivity (Wildman–Crippen MR) is 61.3 cm³/mol. The molecule has 1 N–H and O–H groups in total. The quantitative estimate of drug-likeness (QED) is 0.713. The Hall–Kier alpha value is -0.0400.